The van der Waals surface area contributed by atoms with Gasteiger partial charge in [0, 0.05) is 39.8 Å². The maximum atomic E-state index is 5.45. The van der Waals surface area contributed by atoms with Gasteiger partial charge in [-0.05, 0) is 20.3 Å². The van der Waals surface area contributed by atoms with Crippen molar-refractivity contribution >= 4 is 29.9 Å². The van der Waals surface area contributed by atoms with Crippen LogP contribution >= 0.6 is 24.0 Å². The molecule has 8 nitrogen and oxygen atoms in total. The van der Waals surface area contributed by atoms with Gasteiger partial charge in [0.2, 0.25) is 5.89 Å². The summed E-state index contributed by atoms with van der Waals surface area (Å²) in [5.41, 5.74) is 0. The lowest BCUT2D eigenvalue weighted by Gasteiger charge is -2.23. The molecule has 0 saturated carbocycles. The minimum Gasteiger partial charge on any atom is -0.381 e. The van der Waals surface area contributed by atoms with Crippen molar-refractivity contribution in [1.29, 1.82) is 0 Å². The number of ether oxygens (including phenoxy) is 2. The smallest absolute Gasteiger partial charge is 0.246 e. The summed E-state index contributed by atoms with van der Waals surface area (Å²) in [5, 5.41) is 7.19. The third kappa shape index (κ3) is 6.17. The van der Waals surface area contributed by atoms with E-state index in [4.69, 9.17) is 14.0 Å². The predicted octanol–water partition coefficient (Wildman–Crippen LogP) is 1.83. The maximum absolute atomic E-state index is 5.45. The number of hydrogen-bond donors (Lipinski definition) is 1. The second-order valence-electron chi connectivity index (χ2n) is 5.65. The van der Waals surface area contributed by atoms with Gasteiger partial charge in [0.05, 0.1) is 13.2 Å². The van der Waals surface area contributed by atoms with Gasteiger partial charge in [-0.25, -0.2) is 0 Å². The molecule has 0 spiro atoms. The van der Waals surface area contributed by atoms with Gasteiger partial charge in [0.25, 0.3) is 0 Å². The van der Waals surface area contributed by atoms with Gasteiger partial charge in [0.1, 0.15) is 6.10 Å². The number of halogens is 1. The van der Waals surface area contributed by atoms with E-state index in [0.29, 0.717) is 30.8 Å². The molecule has 0 amide bonds. The standard InChI is InChI=1S/C15H27N5O3.HI/c1-5-22-11(2)14-18-13(23-19-14)8-17-15(16-3)20(4)9-12-6-7-21-10-12;/h11-12H,5-10H2,1-4H3,(H,16,17);1H. The summed E-state index contributed by atoms with van der Waals surface area (Å²) < 4.78 is 16.1. The molecule has 1 aromatic heterocycles. The van der Waals surface area contributed by atoms with E-state index in [0.717, 1.165) is 32.1 Å². The van der Waals surface area contributed by atoms with Gasteiger partial charge in [0.15, 0.2) is 11.8 Å². The van der Waals surface area contributed by atoms with Gasteiger partial charge < -0.3 is 24.2 Å². The average molecular weight is 453 g/mol. The Morgan fingerprint density at radius 1 is 1.54 bits per heavy atom. The number of aliphatic imine (C=N–C) groups is 1. The van der Waals surface area contributed by atoms with Crippen LogP contribution in [0.1, 0.15) is 38.1 Å². The van der Waals surface area contributed by atoms with Gasteiger partial charge in [-0.1, -0.05) is 5.16 Å². The van der Waals surface area contributed by atoms with Crippen LogP contribution < -0.4 is 5.32 Å². The first-order valence-electron chi connectivity index (χ1n) is 8.07. The highest BCUT2D eigenvalue weighted by Gasteiger charge is 2.19. The van der Waals surface area contributed by atoms with Gasteiger partial charge in [-0.15, -0.1) is 24.0 Å². The Labute approximate surface area is 160 Å². The summed E-state index contributed by atoms with van der Waals surface area (Å²) in [6.45, 7) is 7.49. The van der Waals surface area contributed by atoms with Gasteiger partial charge in [-0.2, -0.15) is 4.98 Å². The van der Waals surface area contributed by atoms with Crippen molar-refractivity contribution in [3.05, 3.63) is 11.7 Å². The minimum absolute atomic E-state index is 0. The fourth-order valence-corrected chi connectivity index (χ4v) is 2.57. The lowest BCUT2D eigenvalue weighted by Crippen LogP contribution is -2.41. The van der Waals surface area contributed by atoms with Gasteiger partial charge in [-0.3, -0.25) is 4.99 Å². The first-order chi connectivity index (χ1) is 11.1. The molecule has 0 bridgehead atoms. The lowest BCUT2D eigenvalue weighted by atomic mass is 10.1. The van der Waals surface area contributed by atoms with E-state index in [1.807, 2.05) is 20.9 Å². The summed E-state index contributed by atoms with van der Waals surface area (Å²) in [6, 6.07) is 0. The molecule has 2 heterocycles. The molecule has 138 valence electrons. The highest BCUT2D eigenvalue weighted by molar-refractivity contribution is 14.0. The highest BCUT2D eigenvalue weighted by atomic mass is 127. The molecule has 2 rings (SSSR count). The number of hydrogen-bond acceptors (Lipinski definition) is 6. The zero-order valence-corrected chi connectivity index (χ0v) is 17.1. The molecule has 1 N–H and O–H groups in total. The van der Waals surface area contributed by atoms with Crippen molar-refractivity contribution < 1.29 is 14.0 Å². The number of nitrogens with one attached hydrogen (secondary N) is 1. The fourth-order valence-electron chi connectivity index (χ4n) is 2.57. The Hall–Kier alpha value is -0.940. The number of guanidine groups is 1. The Balaban J connectivity index is 0.00000288. The van der Waals surface area contributed by atoms with Crippen molar-refractivity contribution in [3.8, 4) is 0 Å². The fraction of sp³-hybridized carbons (Fsp3) is 0.800. The van der Waals surface area contributed by atoms with Crippen LogP contribution in [0, 0.1) is 5.92 Å². The van der Waals surface area contributed by atoms with Crippen LogP contribution in [0.5, 0.6) is 0 Å². The first kappa shape index (κ1) is 21.1. The summed E-state index contributed by atoms with van der Waals surface area (Å²) in [7, 11) is 3.78. The Bertz CT molecular complexity index is 505. The number of rotatable bonds is 7. The van der Waals surface area contributed by atoms with E-state index in [1.165, 1.54) is 0 Å². The minimum atomic E-state index is -0.165. The van der Waals surface area contributed by atoms with E-state index in [9.17, 15) is 0 Å². The monoisotopic (exact) mass is 453 g/mol. The molecule has 0 radical (unpaired) electrons. The summed E-state index contributed by atoms with van der Waals surface area (Å²) in [4.78, 5) is 10.7. The van der Waals surface area contributed by atoms with Crippen molar-refractivity contribution in [3.63, 3.8) is 0 Å². The largest absolute Gasteiger partial charge is 0.381 e. The van der Waals surface area contributed by atoms with Crippen LogP contribution in [0.2, 0.25) is 0 Å². The molecule has 9 heteroatoms. The molecule has 2 atom stereocenters. The quantitative estimate of drug-likeness (QED) is 0.383. The topological polar surface area (TPSA) is 85.0 Å². The lowest BCUT2D eigenvalue weighted by molar-refractivity contribution is 0.0683. The van der Waals surface area contributed by atoms with Crippen LogP contribution in [0.4, 0.5) is 0 Å². The van der Waals surface area contributed by atoms with Crippen LogP contribution in [-0.4, -0.2) is 61.5 Å². The molecule has 24 heavy (non-hydrogen) atoms. The van der Waals surface area contributed by atoms with Crippen molar-refractivity contribution in [2.45, 2.75) is 32.9 Å². The zero-order chi connectivity index (χ0) is 16.7. The van der Waals surface area contributed by atoms with Crippen molar-refractivity contribution in [2.24, 2.45) is 10.9 Å². The normalized spacial score (nSPS) is 19.0. The highest BCUT2D eigenvalue weighted by Crippen LogP contribution is 2.14. The second kappa shape index (κ2) is 10.8. The Morgan fingerprint density at radius 2 is 2.33 bits per heavy atom. The second-order valence-corrected chi connectivity index (χ2v) is 5.65. The summed E-state index contributed by atoms with van der Waals surface area (Å²) in [6.07, 6.45) is 0.936. The molecule has 1 fully saturated rings. The third-order valence-electron chi connectivity index (χ3n) is 3.79. The summed E-state index contributed by atoms with van der Waals surface area (Å²) >= 11 is 0. The number of aromatic nitrogens is 2. The molecule has 1 aromatic rings. The number of nitrogens with zero attached hydrogens (tertiary/aromatic N) is 4. The molecule has 0 aromatic carbocycles. The van der Waals surface area contributed by atoms with Crippen molar-refractivity contribution in [2.75, 3.05) is 40.5 Å². The zero-order valence-electron chi connectivity index (χ0n) is 14.8. The third-order valence-corrected chi connectivity index (χ3v) is 3.79. The van der Waals surface area contributed by atoms with E-state index in [1.54, 1.807) is 7.05 Å². The van der Waals surface area contributed by atoms with Crippen LogP contribution in [0.15, 0.2) is 9.52 Å². The van der Waals surface area contributed by atoms with E-state index in [-0.39, 0.29) is 30.1 Å². The van der Waals surface area contributed by atoms with E-state index in [2.05, 4.69) is 25.3 Å². The van der Waals surface area contributed by atoms with Crippen LogP contribution in [0.25, 0.3) is 0 Å². The molecule has 0 aliphatic carbocycles. The molecule has 1 aliphatic heterocycles. The molecule has 2 unspecified atom stereocenters. The molecule has 1 aliphatic rings. The Kier molecular flexibility index (Phi) is 9.52. The van der Waals surface area contributed by atoms with E-state index < -0.39 is 0 Å². The van der Waals surface area contributed by atoms with Crippen molar-refractivity contribution in [1.82, 2.24) is 20.4 Å². The molecule has 1 saturated heterocycles. The SMILES string of the molecule is CCOC(C)c1noc(CNC(=NC)N(C)CC2CCOC2)n1.I. The average Bonchev–Trinajstić information content (AvgIpc) is 3.19. The van der Waals surface area contributed by atoms with E-state index >= 15 is 0 Å². The molecular formula is C15H28IN5O3. The van der Waals surface area contributed by atoms with Gasteiger partial charge >= 0.3 is 0 Å². The Morgan fingerprint density at radius 3 is 2.96 bits per heavy atom. The van der Waals surface area contributed by atoms with Crippen LogP contribution in [0.3, 0.4) is 0 Å². The predicted molar refractivity (Wildman–Crippen MR) is 102 cm³/mol. The summed E-state index contributed by atoms with van der Waals surface area (Å²) in [5.74, 6) is 2.44. The molecular weight excluding hydrogens is 425 g/mol. The van der Waals surface area contributed by atoms with Crippen LogP contribution in [-0.2, 0) is 16.0 Å². The maximum Gasteiger partial charge on any atom is 0.246 e. The first-order valence-corrected chi connectivity index (χ1v) is 8.07.